The van der Waals surface area contributed by atoms with Gasteiger partial charge in [-0.3, -0.25) is 5.10 Å². The minimum atomic E-state index is 0.166. The van der Waals surface area contributed by atoms with E-state index in [2.05, 4.69) is 61.3 Å². The molecule has 0 radical (unpaired) electrons. The fourth-order valence-corrected chi connectivity index (χ4v) is 2.26. The second-order valence-corrected chi connectivity index (χ2v) is 6.14. The zero-order valence-electron chi connectivity index (χ0n) is 12.2. The lowest BCUT2D eigenvalue weighted by Gasteiger charge is -2.20. The molecular weight excluding hydrogens is 234 g/mol. The summed E-state index contributed by atoms with van der Waals surface area (Å²) in [5.41, 5.74) is 10.7. The molecule has 0 amide bonds. The smallest absolute Gasteiger partial charge is 0.0712 e. The molecule has 3 N–H and O–H groups in total. The van der Waals surface area contributed by atoms with Crippen LogP contribution in [0.4, 0.5) is 0 Å². The van der Waals surface area contributed by atoms with Gasteiger partial charge in [-0.15, -0.1) is 0 Å². The summed E-state index contributed by atoms with van der Waals surface area (Å²) in [5, 5.41) is 7.31. The van der Waals surface area contributed by atoms with E-state index in [0.29, 0.717) is 6.54 Å². The van der Waals surface area contributed by atoms with Gasteiger partial charge in [0.2, 0.25) is 0 Å². The van der Waals surface area contributed by atoms with Gasteiger partial charge < -0.3 is 5.73 Å². The topological polar surface area (TPSA) is 54.7 Å². The molecule has 0 aliphatic rings. The Bertz CT molecular complexity index is 532. The standard InChI is InChI=1S/C16H23N3/c1-11-9-15(19-18-11)14(10-17)12-5-7-13(8-6-12)16(2,3)4/h5-9,14H,10,17H2,1-4H3,(H,18,19). The van der Waals surface area contributed by atoms with Gasteiger partial charge in [-0.1, -0.05) is 45.0 Å². The quantitative estimate of drug-likeness (QED) is 0.887. The highest BCUT2D eigenvalue weighted by atomic mass is 15.1. The number of nitrogens with one attached hydrogen (secondary N) is 1. The van der Waals surface area contributed by atoms with Crippen molar-refractivity contribution in [2.75, 3.05) is 6.54 Å². The van der Waals surface area contributed by atoms with Crippen LogP contribution in [0, 0.1) is 6.92 Å². The maximum absolute atomic E-state index is 5.92. The van der Waals surface area contributed by atoms with Crippen LogP contribution >= 0.6 is 0 Å². The zero-order valence-corrected chi connectivity index (χ0v) is 12.2. The minimum absolute atomic E-state index is 0.166. The first kappa shape index (κ1) is 13.8. The van der Waals surface area contributed by atoms with Crippen molar-refractivity contribution in [3.63, 3.8) is 0 Å². The van der Waals surface area contributed by atoms with Crippen LogP contribution in [0.5, 0.6) is 0 Å². The summed E-state index contributed by atoms with van der Waals surface area (Å²) in [4.78, 5) is 0. The number of rotatable bonds is 3. The number of benzene rings is 1. The molecule has 1 atom stereocenters. The first-order valence-electron chi connectivity index (χ1n) is 6.74. The summed E-state index contributed by atoms with van der Waals surface area (Å²) in [5.74, 6) is 0.166. The van der Waals surface area contributed by atoms with Crippen molar-refractivity contribution in [3.8, 4) is 0 Å². The first-order valence-corrected chi connectivity index (χ1v) is 6.74. The normalized spacial score (nSPS) is 13.5. The Labute approximate surface area is 115 Å². The van der Waals surface area contributed by atoms with E-state index < -0.39 is 0 Å². The molecule has 0 bridgehead atoms. The molecule has 0 saturated heterocycles. The van der Waals surface area contributed by atoms with Gasteiger partial charge in [0.25, 0.3) is 0 Å². The summed E-state index contributed by atoms with van der Waals surface area (Å²) in [6.45, 7) is 9.24. The third-order valence-electron chi connectivity index (χ3n) is 3.50. The van der Waals surface area contributed by atoms with Crippen LogP contribution < -0.4 is 5.73 Å². The average Bonchev–Trinajstić information content (AvgIpc) is 2.76. The Morgan fingerprint density at radius 3 is 2.26 bits per heavy atom. The van der Waals surface area contributed by atoms with E-state index in [0.717, 1.165) is 11.4 Å². The minimum Gasteiger partial charge on any atom is -0.329 e. The lowest BCUT2D eigenvalue weighted by Crippen LogP contribution is -2.15. The molecule has 102 valence electrons. The molecule has 2 aromatic rings. The second kappa shape index (κ2) is 5.17. The van der Waals surface area contributed by atoms with Gasteiger partial charge in [0.05, 0.1) is 5.69 Å². The largest absolute Gasteiger partial charge is 0.329 e. The van der Waals surface area contributed by atoms with Crippen molar-refractivity contribution in [1.82, 2.24) is 10.2 Å². The number of hydrogen-bond acceptors (Lipinski definition) is 2. The van der Waals surface area contributed by atoms with Gasteiger partial charge in [-0.2, -0.15) is 5.10 Å². The number of aromatic amines is 1. The predicted molar refractivity (Wildman–Crippen MR) is 79.4 cm³/mol. The summed E-state index contributed by atoms with van der Waals surface area (Å²) in [7, 11) is 0. The van der Waals surface area contributed by atoms with Gasteiger partial charge in [-0.05, 0) is 29.5 Å². The van der Waals surface area contributed by atoms with E-state index in [4.69, 9.17) is 5.73 Å². The number of nitrogens with two attached hydrogens (primary N) is 1. The molecule has 1 aromatic carbocycles. The second-order valence-electron chi connectivity index (χ2n) is 6.14. The number of nitrogens with zero attached hydrogens (tertiary/aromatic N) is 1. The lowest BCUT2D eigenvalue weighted by atomic mass is 9.85. The van der Waals surface area contributed by atoms with Crippen molar-refractivity contribution in [1.29, 1.82) is 0 Å². The summed E-state index contributed by atoms with van der Waals surface area (Å²) >= 11 is 0. The van der Waals surface area contributed by atoms with E-state index in [9.17, 15) is 0 Å². The molecule has 1 unspecified atom stereocenters. The fourth-order valence-electron chi connectivity index (χ4n) is 2.26. The Morgan fingerprint density at radius 2 is 1.84 bits per heavy atom. The van der Waals surface area contributed by atoms with Crippen molar-refractivity contribution in [2.24, 2.45) is 5.73 Å². The van der Waals surface area contributed by atoms with E-state index >= 15 is 0 Å². The molecule has 0 aliphatic heterocycles. The van der Waals surface area contributed by atoms with Crippen molar-refractivity contribution in [3.05, 3.63) is 52.8 Å². The van der Waals surface area contributed by atoms with Gasteiger partial charge in [0.15, 0.2) is 0 Å². The zero-order chi connectivity index (χ0) is 14.0. The summed E-state index contributed by atoms with van der Waals surface area (Å²) < 4.78 is 0. The Morgan fingerprint density at radius 1 is 1.21 bits per heavy atom. The van der Waals surface area contributed by atoms with Crippen LogP contribution in [-0.2, 0) is 5.41 Å². The van der Waals surface area contributed by atoms with Crippen molar-refractivity contribution in [2.45, 2.75) is 39.0 Å². The molecule has 1 heterocycles. The molecule has 0 fully saturated rings. The van der Waals surface area contributed by atoms with Gasteiger partial charge in [0.1, 0.15) is 0 Å². The average molecular weight is 257 g/mol. The highest BCUT2D eigenvalue weighted by molar-refractivity contribution is 5.34. The van der Waals surface area contributed by atoms with Crippen LogP contribution in [0.3, 0.4) is 0 Å². The molecule has 0 saturated carbocycles. The van der Waals surface area contributed by atoms with E-state index in [1.165, 1.54) is 11.1 Å². The highest BCUT2D eigenvalue weighted by Gasteiger charge is 2.17. The fraction of sp³-hybridized carbons (Fsp3) is 0.438. The third-order valence-corrected chi connectivity index (χ3v) is 3.50. The van der Waals surface area contributed by atoms with Gasteiger partial charge in [-0.25, -0.2) is 0 Å². The molecule has 19 heavy (non-hydrogen) atoms. The molecule has 1 aromatic heterocycles. The summed E-state index contributed by atoms with van der Waals surface area (Å²) in [6.07, 6.45) is 0. The van der Waals surface area contributed by atoms with Crippen LogP contribution in [-0.4, -0.2) is 16.7 Å². The van der Waals surface area contributed by atoms with Crippen molar-refractivity contribution < 1.29 is 0 Å². The predicted octanol–water partition coefficient (Wildman–Crippen LogP) is 3.11. The van der Waals surface area contributed by atoms with Crippen LogP contribution in [0.2, 0.25) is 0 Å². The highest BCUT2D eigenvalue weighted by Crippen LogP contribution is 2.27. The first-order chi connectivity index (χ1) is 8.91. The molecule has 0 spiro atoms. The van der Waals surface area contributed by atoms with Gasteiger partial charge >= 0.3 is 0 Å². The summed E-state index contributed by atoms with van der Waals surface area (Å²) in [6, 6.07) is 10.8. The number of H-pyrrole nitrogens is 1. The van der Waals surface area contributed by atoms with Crippen LogP contribution in [0.25, 0.3) is 0 Å². The Kier molecular flexibility index (Phi) is 3.76. The maximum atomic E-state index is 5.92. The Hall–Kier alpha value is -1.61. The number of hydrogen-bond donors (Lipinski definition) is 2. The number of aromatic nitrogens is 2. The monoisotopic (exact) mass is 257 g/mol. The SMILES string of the molecule is Cc1cc(C(CN)c2ccc(C(C)(C)C)cc2)n[nH]1. The van der Waals surface area contributed by atoms with E-state index in [-0.39, 0.29) is 11.3 Å². The molecular formula is C16H23N3. The maximum Gasteiger partial charge on any atom is 0.0712 e. The Balaban J connectivity index is 2.30. The molecule has 3 nitrogen and oxygen atoms in total. The van der Waals surface area contributed by atoms with Crippen molar-refractivity contribution >= 4 is 0 Å². The van der Waals surface area contributed by atoms with E-state index in [1.807, 2.05) is 6.92 Å². The van der Waals surface area contributed by atoms with Gasteiger partial charge in [0, 0.05) is 18.2 Å². The lowest BCUT2D eigenvalue weighted by molar-refractivity contribution is 0.589. The third kappa shape index (κ3) is 3.04. The molecule has 3 heteroatoms. The molecule has 2 rings (SSSR count). The van der Waals surface area contributed by atoms with E-state index in [1.54, 1.807) is 0 Å². The number of aryl methyl sites for hydroxylation is 1. The van der Waals surface area contributed by atoms with Crippen LogP contribution in [0.1, 0.15) is 49.2 Å². The van der Waals surface area contributed by atoms with Crippen LogP contribution in [0.15, 0.2) is 30.3 Å². The molecule has 0 aliphatic carbocycles.